The number of aromatic nitrogens is 2. The predicted molar refractivity (Wildman–Crippen MR) is 111 cm³/mol. The van der Waals surface area contributed by atoms with Crippen LogP contribution in [0, 0.1) is 5.82 Å². The molecule has 0 bridgehead atoms. The van der Waals surface area contributed by atoms with Crippen molar-refractivity contribution < 1.29 is 13.8 Å². The Balaban J connectivity index is 1.51. The van der Waals surface area contributed by atoms with Crippen molar-refractivity contribution in [3.8, 4) is 0 Å². The van der Waals surface area contributed by atoms with Gasteiger partial charge in [0, 0.05) is 35.8 Å². The second-order valence-electron chi connectivity index (χ2n) is 7.50. The Labute approximate surface area is 173 Å². The highest BCUT2D eigenvalue weighted by Crippen LogP contribution is 2.29. The van der Waals surface area contributed by atoms with Gasteiger partial charge >= 0.3 is 0 Å². The van der Waals surface area contributed by atoms with Gasteiger partial charge in [0.25, 0.3) is 0 Å². The number of Topliss-reactive ketones (excluding diaryl/α,β-unsaturated/α-hetero) is 1. The van der Waals surface area contributed by atoms with Crippen LogP contribution in [0.5, 0.6) is 0 Å². The summed E-state index contributed by atoms with van der Waals surface area (Å²) in [6, 6.07) is 17.0. The van der Waals surface area contributed by atoms with Gasteiger partial charge in [-0.05, 0) is 29.7 Å². The van der Waals surface area contributed by atoms with E-state index in [1.807, 2.05) is 63.9 Å². The van der Waals surface area contributed by atoms with E-state index in [1.165, 1.54) is 6.20 Å². The van der Waals surface area contributed by atoms with Gasteiger partial charge in [-0.15, -0.1) is 0 Å². The number of hydrogen-bond acceptors (Lipinski definition) is 1. The lowest BCUT2D eigenvalue weighted by molar-refractivity contribution is -0.707. The van der Waals surface area contributed by atoms with E-state index in [0.29, 0.717) is 28.9 Å². The Morgan fingerprint density at radius 2 is 1.97 bits per heavy atom. The lowest BCUT2D eigenvalue weighted by atomic mass is 9.87. The van der Waals surface area contributed by atoms with Crippen molar-refractivity contribution in [1.29, 1.82) is 0 Å². The molecule has 144 valence electrons. The summed E-state index contributed by atoms with van der Waals surface area (Å²) in [5.74, 6) is -0.251. The van der Waals surface area contributed by atoms with Crippen molar-refractivity contribution in [2.75, 3.05) is 0 Å². The van der Waals surface area contributed by atoms with E-state index in [9.17, 15) is 9.18 Å². The number of nitrogens with zero attached hydrogens (tertiary/aromatic N) is 2. The van der Waals surface area contributed by atoms with Crippen LogP contribution in [0.3, 0.4) is 0 Å². The van der Waals surface area contributed by atoms with Gasteiger partial charge in [-0.1, -0.05) is 48.0 Å². The van der Waals surface area contributed by atoms with Gasteiger partial charge in [0.1, 0.15) is 0 Å². The summed E-state index contributed by atoms with van der Waals surface area (Å²) in [5, 5.41) is 1.08. The van der Waals surface area contributed by atoms with Gasteiger partial charge in [-0.2, -0.15) is 4.57 Å². The first kappa shape index (κ1) is 18.1. The fourth-order valence-electron chi connectivity index (χ4n) is 4.20. The van der Waals surface area contributed by atoms with Crippen LogP contribution in [0.2, 0.25) is 5.02 Å². The molecule has 0 saturated heterocycles. The minimum absolute atomic E-state index is 0.0298. The van der Waals surface area contributed by atoms with Crippen molar-refractivity contribution >= 4 is 28.3 Å². The fraction of sp³-hybridized carbons (Fsp3) is 0.167. The van der Waals surface area contributed by atoms with E-state index in [2.05, 4.69) is 0 Å². The Hall–Kier alpha value is -2.98. The molecule has 4 aromatic rings. The summed E-state index contributed by atoms with van der Waals surface area (Å²) in [6.07, 6.45) is 6.65. The van der Waals surface area contributed by atoms with Gasteiger partial charge in [-0.3, -0.25) is 4.79 Å². The molecule has 29 heavy (non-hydrogen) atoms. The minimum atomic E-state index is -0.345. The maximum atomic E-state index is 14.7. The Bertz CT molecular complexity index is 1230. The Kier molecular flexibility index (Phi) is 4.44. The van der Waals surface area contributed by atoms with E-state index in [1.54, 1.807) is 12.3 Å². The highest BCUT2D eigenvalue weighted by molar-refractivity contribution is 6.31. The van der Waals surface area contributed by atoms with Crippen LogP contribution < -0.4 is 4.57 Å². The van der Waals surface area contributed by atoms with E-state index >= 15 is 0 Å². The standard InChI is InChI=1S/C24H19ClFN2O/c25-18-8-6-17-7-9-23(24(29)19(17)12-18)27-11-10-22-20(14-27)21(26)15-28(22)13-16-4-2-1-3-5-16/h1-6,8,10-12,14-15,23H,7,9,13H2/q+1. The molecule has 0 spiro atoms. The largest absolute Gasteiger partial charge is 0.340 e. The van der Waals surface area contributed by atoms with E-state index in [0.717, 1.165) is 23.1 Å². The van der Waals surface area contributed by atoms with Crippen LogP contribution in [-0.2, 0) is 13.0 Å². The van der Waals surface area contributed by atoms with Gasteiger partial charge < -0.3 is 4.57 Å². The molecule has 0 N–H and O–H groups in total. The van der Waals surface area contributed by atoms with Crippen LogP contribution in [0.1, 0.15) is 33.9 Å². The number of ketones is 1. The summed E-state index contributed by atoms with van der Waals surface area (Å²) < 4.78 is 18.5. The highest BCUT2D eigenvalue weighted by Gasteiger charge is 2.34. The molecule has 5 rings (SSSR count). The molecule has 0 radical (unpaired) electrons. The zero-order valence-electron chi connectivity index (χ0n) is 15.7. The van der Waals surface area contributed by atoms with Crippen LogP contribution in [0.15, 0.2) is 73.2 Å². The lowest BCUT2D eigenvalue weighted by Crippen LogP contribution is -2.45. The SMILES string of the molecule is O=C1c2cc(Cl)ccc2CCC1[n+]1ccc2c(c1)c(F)cn2Cc1ccccc1. The topological polar surface area (TPSA) is 25.9 Å². The third-order valence-electron chi connectivity index (χ3n) is 5.68. The summed E-state index contributed by atoms with van der Waals surface area (Å²) >= 11 is 6.09. The average molecular weight is 406 g/mol. The Morgan fingerprint density at radius 3 is 2.79 bits per heavy atom. The number of hydrogen-bond donors (Lipinski definition) is 0. The van der Waals surface area contributed by atoms with Crippen LogP contribution >= 0.6 is 11.6 Å². The third kappa shape index (κ3) is 3.23. The van der Waals surface area contributed by atoms with E-state index in [-0.39, 0.29) is 17.6 Å². The molecule has 1 unspecified atom stereocenters. The lowest BCUT2D eigenvalue weighted by Gasteiger charge is -2.20. The first-order chi connectivity index (χ1) is 14.1. The fourth-order valence-corrected chi connectivity index (χ4v) is 4.38. The number of pyridine rings is 1. The molecule has 0 aliphatic heterocycles. The number of fused-ring (bicyclic) bond motifs is 2. The number of rotatable bonds is 3. The molecule has 2 aromatic carbocycles. The van der Waals surface area contributed by atoms with Crippen molar-refractivity contribution in [3.63, 3.8) is 0 Å². The zero-order chi connectivity index (χ0) is 20.0. The molecule has 0 amide bonds. The van der Waals surface area contributed by atoms with Gasteiger partial charge in [0.15, 0.2) is 18.2 Å². The Morgan fingerprint density at radius 1 is 1.14 bits per heavy atom. The smallest absolute Gasteiger partial charge is 0.230 e. The van der Waals surface area contributed by atoms with Crippen molar-refractivity contribution in [1.82, 2.24) is 4.57 Å². The van der Waals surface area contributed by atoms with Crippen molar-refractivity contribution in [2.24, 2.45) is 0 Å². The summed E-state index contributed by atoms with van der Waals surface area (Å²) in [6.45, 7) is 0.597. The number of benzene rings is 2. The predicted octanol–water partition coefficient (Wildman–Crippen LogP) is 5.14. The first-order valence-corrected chi connectivity index (χ1v) is 10.0. The third-order valence-corrected chi connectivity index (χ3v) is 5.91. The summed E-state index contributed by atoms with van der Waals surface area (Å²) in [4.78, 5) is 13.1. The van der Waals surface area contributed by atoms with Gasteiger partial charge in [0.2, 0.25) is 11.8 Å². The second kappa shape index (κ2) is 7.12. The summed E-state index contributed by atoms with van der Waals surface area (Å²) in [5.41, 5.74) is 3.62. The quantitative estimate of drug-likeness (QED) is 0.433. The molecule has 1 aliphatic rings. The monoisotopic (exact) mass is 405 g/mol. The van der Waals surface area contributed by atoms with E-state index < -0.39 is 0 Å². The van der Waals surface area contributed by atoms with E-state index in [4.69, 9.17) is 11.6 Å². The maximum Gasteiger partial charge on any atom is 0.230 e. The summed E-state index contributed by atoms with van der Waals surface area (Å²) in [7, 11) is 0. The van der Waals surface area contributed by atoms with Crippen LogP contribution in [-0.4, -0.2) is 10.4 Å². The van der Waals surface area contributed by atoms with Gasteiger partial charge in [-0.25, -0.2) is 4.39 Å². The molecule has 2 heterocycles. The van der Waals surface area contributed by atoms with Crippen molar-refractivity contribution in [3.05, 3.63) is 101 Å². The normalized spacial score (nSPS) is 16.2. The van der Waals surface area contributed by atoms with Crippen LogP contribution in [0.25, 0.3) is 10.9 Å². The highest BCUT2D eigenvalue weighted by atomic mass is 35.5. The molecular weight excluding hydrogens is 387 g/mol. The number of aryl methyl sites for hydroxylation is 1. The van der Waals surface area contributed by atoms with Gasteiger partial charge in [0.05, 0.1) is 10.9 Å². The molecule has 5 heteroatoms. The molecule has 1 atom stereocenters. The molecule has 1 aliphatic carbocycles. The number of carbonyl (C=O) groups is 1. The maximum absolute atomic E-state index is 14.7. The minimum Gasteiger partial charge on any atom is -0.340 e. The second-order valence-corrected chi connectivity index (χ2v) is 7.94. The average Bonchev–Trinajstić information content (AvgIpc) is 3.04. The molecule has 3 nitrogen and oxygen atoms in total. The number of carbonyl (C=O) groups excluding carboxylic acids is 1. The number of halogens is 2. The molecule has 2 aromatic heterocycles. The zero-order valence-corrected chi connectivity index (χ0v) is 16.4. The molecule has 0 saturated carbocycles. The van der Waals surface area contributed by atoms with Crippen LogP contribution in [0.4, 0.5) is 4.39 Å². The first-order valence-electron chi connectivity index (χ1n) is 9.66. The molecular formula is C24H19ClFN2O+. The van der Waals surface area contributed by atoms with Crippen molar-refractivity contribution in [2.45, 2.75) is 25.4 Å². The molecule has 0 fully saturated rings.